The maximum absolute atomic E-state index is 15.1. The number of carboxylic acids is 1. The van der Waals surface area contributed by atoms with E-state index in [0.717, 1.165) is 25.9 Å². The van der Waals surface area contributed by atoms with Crippen LogP contribution in [-0.4, -0.2) is 73.1 Å². The number of carbonyl (C=O) groups excluding carboxylic acids is 1. The maximum Gasteiger partial charge on any atom is 0.490 e. The molecule has 8 nitrogen and oxygen atoms in total. The Morgan fingerprint density at radius 3 is 2.17 bits per heavy atom. The van der Waals surface area contributed by atoms with Crippen LogP contribution in [0.15, 0.2) is 77.7 Å². The van der Waals surface area contributed by atoms with Gasteiger partial charge in [0.1, 0.15) is 18.2 Å². The third-order valence-electron chi connectivity index (χ3n) is 8.15. The van der Waals surface area contributed by atoms with Gasteiger partial charge in [-0.2, -0.15) is 13.2 Å². The summed E-state index contributed by atoms with van der Waals surface area (Å²) in [6.45, 7) is 4.85. The Balaban J connectivity index is 0.000000617. The van der Waals surface area contributed by atoms with E-state index < -0.39 is 27.8 Å². The lowest BCUT2D eigenvalue weighted by atomic mass is 10.1. The zero-order valence-electron chi connectivity index (χ0n) is 25.2. The van der Waals surface area contributed by atoms with Crippen LogP contribution in [0.2, 0.25) is 0 Å². The minimum atomic E-state index is -5.08. The molecule has 0 saturated carbocycles. The summed E-state index contributed by atoms with van der Waals surface area (Å²) in [5, 5.41) is 7.12. The fraction of sp³-hybridized carbons (Fsp3) is 0.394. The molecule has 2 aliphatic heterocycles. The lowest BCUT2D eigenvalue weighted by Gasteiger charge is -2.31. The molecule has 3 aromatic rings. The standard InChI is InChI=1S/C31H35FN2O4S.C2HF3O2/c1-23-9-7-17-33(23)20-26-12-8-18-34(26)31(35)29-16-15-27(19-30(29)32)38-21-24-10-5-6-11-25(24)22-39(36,37)28-13-3-2-4-14-28;3-2(4,5)1(6)7/h2-6,10-11,13-16,19,23,26H,7-9,12,17-18,20-22H2,1H3;(H,6,7)/t23-,26+;/m1./s1. The molecular formula is C33H36F4N2O6S. The number of nitrogens with zero attached hydrogens (tertiary/aromatic N) is 2. The van der Waals surface area contributed by atoms with E-state index >= 15 is 4.39 Å². The molecule has 0 unspecified atom stereocenters. The van der Waals surface area contributed by atoms with Crippen LogP contribution < -0.4 is 4.74 Å². The van der Waals surface area contributed by atoms with Crippen molar-refractivity contribution in [2.45, 2.75) is 68.1 Å². The van der Waals surface area contributed by atoms with E-state index in [1.54, 1.807) is 54.6 Å². The number of likely N-dealkylation sites (tertiary alicyclic amines) is 2. The average Bonchev–Trinajstić information content (AvgIpc) is 3.65. The zero-order valence-corrected chi connectivity index (χ0v) is 26.1. The number of halogens is 4. The van der Waals surface area contributed by atoms with Gasteiger partial charge in [-0.05, 0) is 74.5 Å². The molecule has 0 aliphatic carbocycles. The van der Waals surface area contributed by atoms with Crippen LogP contribution in [0.3, 0.4) is 0 Å². The Morgan fingerprint density at radius 2 is 1.57 bits per heavy atom. The Morgan fingerprint density at radius 1 is 0.935 bits per heavy atom. The average molecular weight is 665 g/mol. The SMILES string of the molecule is C[C@@H]1CCCN1C[C@@H]1CCCN1C(=O)c1ccc(OCc2ccccc2CS(=O)(=O)c2ccccc2)cc1F.O=C(O)C(F)(F)F. The Kier molecular flexibility index (Phi) is 11.4. The third kappa shape index (κ3) is 9.06. The van der Waals surface area contributed by atoms with E-state index in [0.29, 0.717) is 23.7 Å². The minimum Gasteiger partial charge on any atom is -0.489 e. The van der Waals surface area contributed by atoms with Crippen LogP contribution in [-0.2, 0) is 27.0 Å². The maximum atomic E-state index is 15.1. The quantitative estimate of drug-likeness (QED) is 0.276. The minimum absolute atomic E-state index is 0.0538. The molecule has 248 valence electrons. The Labute approximate surface area is 265 Å². The van der Waals surface area contributed by atoms with Gasteiger partial charge in [0.05, 0.1) is 16.2 Å². The van der Waals surface area contributed by atoms with Crippen LogP contribution in [0.25, 0.3) is 0 Å². The Hall–Kier alpha value is -3.97. The van der Waals surface area contributed by atoms with Crippen LogP contribution >= 0.6 is 0 Å². The summed E-state index contributed by atoms with van der Waals surface area (Å²) in [7, 11) is -3.53. The predicted molar refractivity (Wildman–Crippen MR) is 163 cm³/mol. The molecule has 2 saturated heterocycles. The van der Waals surface area contributed by atoms with E-state index in [-0.39, 0.29) is 40.5 Å². The molecule has 13 heteroatoms. The van der Waals surface area contributed by atoms with Gasteiger partial charge in [-0.15, -0.1) is 0 Å². The fourth-order valence-electron chi connectivity index (χ4n) is 5.66. The van der Waals surface area contributed by atoms with E-state index in [1.165, 1.54) is 25.0 Å². The lowest BCUT2D eigenvalue weighted by Crippen LogP contribution is -2.44. The molecule has 2 heterocycles. The number of amides is 1. The van der Waals surface area contributed by atoms with Gasteiger partial charge >= 0.3 is 12.1 Å². The van der Waals surface area contributed by atoms with Crippen molar-refractivity contribution in [3.05, 3.63) is 95.3 Å². The van der Waals surface area contributed by atoms with Gasteiger partial charge in [-0.1, -0.05) is 42.5 Å². The van der Waals surface area contributed by atoms with Crippen molar-refractivity contribution in [1.82, 2.24) is 9.80 Å². The molecule has 0 bridgehead atoms. The van der Waals surface area contributed by atoms with Crippen molar-refractivity contribution in [2.24, 2.45) is 0 Å². The number of rotatable bonds is 9. The molecule has 3 aromatic carbocycles. The summed E-state index contributed by atoms with van der Waals surface area (Å²) >= 11 is 0. The van der Waals surface area contributed by atoms with Gasteiger partial charge in [0, 0.05) is 31.2 Å². The topological polar surface area (TPSA) is 104 Å². The monoisotopic (exact) mass is 664 g/mol. The first-order chi connectivity index (χ1) is 21.8. The highest BCUT2D eigenvalue weighted by Crippen LogP contribution is 2.27. The van der Waals surface area contributed by atoms with E-state index in [4.69, 9.17) is 14.6 Å². The molecular weight excluding hydrogens is 628 g/mol. The molecule has 1 amide bonds. The van der Waals surface area contributed by atoms with Gasteiger partial charge in [0.25, 0.3) is 5.91 Å². The van der Waals surface area contributed by atoms with Crippen molar-refractivity contribution in [3.63, 3.8) is 0 Å². The summed E-state index contributed by atoms with van der Waals surface area (Å²) in [5.74, 6) is -3.52. The first-order valence-electron chi connectivity index (χ1n) is 14.9. The largest absolute Gasteiger partial charge is 0.490 e. The van der Waals surface area contributed by atoms with E-state index in [9.17, 15) is 26.4 Å². The Bertz CT molecular complexity index is 1620. The summed E-state index contributed by atoms with van der Waals surface area (Å²) in [4.78, 5) is 26.7. The van der Waals surface area contributed by atoms with Gasteiger partial charge in [-0.3, -0.25) is 9.69 Å². The number of hydrogen-bond acceptors (Lipinski definition) is 6. The van der Waals surface area contributed by atoms with Crippen LogP contribution in [0, 0.1) is 5.82 Å². The van der Waals surface area contributed by atoms with Gasteiger partial charge < -0.3 is 14.7 Å². The number of sulfone groups is 1. The third-order valence-corrected chi connectivity index (χ3v) is 9.83. The van der Waals surface area contributed by atoms with Gasteiger partial charge in [-0.25, -0.2) is 17.6 Å². The summed E-state index contributed by atoms with van der Waals surface area (Å²) in [6.07, 6.45) is -0.840. The first-order valence-corrected chi connectivity index (χ1v) is 16.5. The number of carbonyl (C=O) groups is 2. The second-order valence-electron chi connectivity index (χ2n) is 11.4. The number of ether oxygens (including phenoxy) is 1. The van der Waals surface area contributed by atoms with Crippen molar-refractivity contribution in [3.8, 4) is 5.75 Å². The predicted octanol–water partition coefficient (Wildman–Crippen LogP) is 6.10. The van der Waals surface area contributed by atoms with Crippen LogP contribution in [0.5, 0.6) is 5.75 Å². The molecule has 0 spiro atoms. The van der Waals surface area contributed by atoms with Crippen LogP contribution in [0.1, 0.15) is 54.1 Å². The highest BCUT2D eigenvalue weighted by molar-refractivity contribution is 7.90. The lowest BCUT2D eigenvalue weighted by molar-refractivity contribution is -0.192. The molecule has 5 rings (SSSR count). The van der Waals surface area contributed by atoms with Gasteiger partial charge in [0.15, 0.2) is 9.84 Å². The molecule has 2 fully saturated rings. The smallest absolute Gasteiger partial charge is 0.489 e. The second kappa shape index (κ2) is 15.1. The van der Waals surface area contributed by atoms with Crippen molar-refractivity contribution >= 4 is 21.7 Å². The van der Waals surface area contributed by atoms with Gasteiger partial charge in [0.2, 0.25) is 0 Å². The highest BCUT2D eigenvalue weighted by atomic mass is 32.2. The van der Waals surface area contributed by atoms with Crippen molar-refractivity contribution in [1.29, 1.82) is 0 Å². The molecule has 1 N–H and O–H groups in total. The van der Waals surface area contributed by atoms with E-state index in [2.05, 4.69) is 11.8 Å². The summed E-state index contributed by atoms with van der Waals surface area (Å²) in [6, 6.07) is 20.5. The first kappa shape index (κ1) is 34.9. The zero-order chi connectivity index (χ0) is 33.5. The van der Waals surface area contributed by atoms with Crippen molar-refractivity contribution < 1.29 is 45.4 Å². The summed E-state index contributed by atoms with van der Waals surface area (Å²) in [5.41, 5.74) is 1.38. The van der Waals surface area contributed by atoms with Crippen LogP contribution in [0.4, 0.5) is 17.6 Å². The fourth-order valence-corrected chi connectivity index (χ4v) is 7.09. The normalized spacial score (nSPS) is 18.6. The molecule has 2 aliphatic rings. The second-order valence-corrected chi connectivity index (χ2v) is 13.3. The van der Waals surface area contributed by atoms with E-state index in [1.807, 2.05) is 11.0 Å². The summed E-state index contributed by atoms with van der Waals surface area (Å²) < 4.78 is 78.5. The molecule has 46 heavy (non-hydrogen) atoms. The molecule has 2 atom stereocenters. The number of alkyl halides is 3. The number of carboxylic acid groups (broad SMARTS) is 1. The molecule has 0 radical (unpaired) electrons. The number of aliphatic carboxylic acids is 1. The molecule has 0 aromatic heterocycles. The number of benzene rings is 3. The highest BCUT2D eigenvalue weighted by Gasteiger charge is 2.38. The number of hydrogen-bond donors (Lipinski definition) is 1. The van der Waals surface area contributed by atoms with Crippen molar-refractivity contribution in [2.75, 3.05) is 19.6 Å².